The Morgan fingerprint density at radius 3 is 2.96 bits per heavy atom. The number of thiazole rings is 1. The van der Waals surface area contributed by atoms with Gasteiger partial charge in [-0.15, -0.1) is 11.3 Å². The number of carbonyl (C=O) groups is 1. The lowest BCUT2D eigenvalue weighted by Crippen LogP contribution is -2.18. The van der Waals surface area contributed by atoms with E-state index in [9.17, 15) is 9.18 Å². The van der Waals surface area contributed by atoms with Crippen LogP contribution in [0.5, 0.6) is 0 Å². The number of aromatic nitrogens is 3. The molecule has 7 heteroatoms. The van der Waals surface area contributed by atoms with E-state index in [2.05, 4.69) is 22.2 Å². The van der Waals surface area contributed by atoms with Crippen molar-refractivity contribution < 1.29 is 9.18 Å². The summed E-state index contributed by atoms with van der Waals surface area (Å²) in [6, 6.07) is 4.62. The molecule has 0 atom stereocenters. The van der Waals surface area contributed by atoms with E-state index in [0.29, 0.717) is 11.3 Å². The molecule has 2 aromatic heterocycles. The van der Waals surface area contributed by atoms with Gasteiger partial charge in [0.05, 0.1) is 12.0 Å². The molecule has 0 fully saturated rings. The number of nitrogens with zero attached hydrogens (tertiary/aromatic N) is 3. The van der Waals surface area contributed by atoms with Gasteiger partial charge >= 0.3 is 0 Å². The van der Waals surface area contributed by atoms with Crippen molar-refractivity contribution in [1.29, 1.82) is 0 Å². The second-order valence-corrected chi connectivity index (χ2v) is 6.30. The number of hydrogen-bond donors (Lipinski definition) is 1. The van der Waals surface area contributed by atoms with Crippen LogP contribution in [-0.2, 0) is 17.8 Å². The van der Waals surface area contributed by atoms with E-state index in [1.165, 1.54) is 17.4 Å². The fourth-order valence-electron chi connectivity index (χ4n) is 2.18. The maximum absolute atomic E-state index is 13.5. The zero-order chi connectivity index (χ0) is 17.1. The summed E-state index contributed by atoms with van der Waals surface area (Å²) < 4.78 is 15.2. The van der Waals surface area contributed by atoms with Crippen molar-refractivity contribution in [2.75, 3.05) is 5.32 Å². The molecule has 5 nitrogen and oxygen atoms in total. The Balaban J connectivity index is 1.65. The molecule has 24 heavy (non-hydrogen) atoms. The molecule has 0 aliphatic carbocycles. The maximum Gasteiger partial charge on any atom is 0.244 e. The molecular formula is C17H17FN4OS. The summed E-state index contributed by atoms with van der Waals surface area (Å²) >= 11 is 1.54. The standard InChI is InChI=1S/C17H17FN4OS/c1-3-12-9-24-17(21-12)15-7-22(10-19-15)8-16(23)20-13-5-4-11(2)14(18)6-13/h4-7,9-10H,3,8H2,1-2H3,(H,20,23). The van der Waals surface area contributed by atoms with Gasteiger partial charge in [-0.25, -0.2) is 14.4 Å². The van der Waals surface area contributed by atoms with Gasteiger partial charge in [0.2, 0.25) is 5.91 Å². The van der Waals surface area contributed by atoms with Crippen LogP contribution in [0.3, 0.4) is 0 Å². The van der Waals surface area contributed by atoms with Crippen molar-refractivity contribution in [1.82, 2.24) is 14.5 Å². The van der Waals surface area contributed by atoms with E-state index < -0.39 is 0 Å². The molecule has 0 radical (unpaired) electrons. The zero-order valence-corrected chi connectivity index (χ0v) is 14.2. The summed E-state index contributed by atoms with van der Waals surface area (Å²) in [4.78, 5) is 20.8. The highest BCUT2D eigenvalue weighted by molar-refractivity contribution is 7.13. The molecule has 124 valence electrons. The van der Waals surface area contributed by atoms with Gasteiger partial charge in [0, 0.05) is 17.3 Å². The Kier molecular flexibility index (Phi) is 4.71. The number of imidazole rings is 1. The molecule has 3 aromatic rings. The highest BCUT2D eigenvalue weighted by Gasteiger charge is 2.10. The normalized spacial score (nSPS) is 10.8. The maximum atomic E-state index is 13.5. The van der Waals surface area contributed by atoms with Crippen LogP contribution < -0.4 is 5.32 Å². The van der Waals surface area contributed by atoms with Crippen molar-refractivity contribution in [2.45, 2.75) is 26.8 Å². The fraction of sp³-hybridized carbons (Fsp3) is 0.235. The molecule has 2 heterocycles. The van der Waals surface area contributed by atoms with Crippen molar-refractivity contribution in [3.8, 4) is 10.7 Å². The van der Waals surface area contributed by atoms with Crippen LogP contribution in [0.2, 0.25) is 0 Å². The molecule has 0 saturated carbocycles. The monoisotopic (exact) mass is 344 g/mol. The van der Waals surface area contributed by atoms with Gasteiger partial charge < -0.3 is 9.88 Å². The average Bonchev–Trinajstić information content (AvgIpc) is 3.19. The highest BCUT2D eigenvalue weighted by atomic mass is 32.1. The Morgan fingerprint density at radius 2 is 2.25 bits per heavy atom. The minimum atomic E-state index is -0.340. The first-order valence-electron chi connectivity index (χ1n) is 7.57. The van der Waals surface area contributed by atoms with Crippen molar-refractivity contribution in [3.05, 3.63) is 53.2 Å². The van der Waals surface area contributed by atoms with Crippen LogP contribution in [0.25, 0.3) is 10.7 Å². The van der Waals surface area contributed by atoms with Gasteiger partial charge in [-0.2, -0.15) is 0 Å². The quantitative estimate of drug-likeness (QED) is 0.768. The van der Waals surface area contributed by atoms with Crippen LogP contribution in [0.1, 0.15) is 18.2 Å². The zero-order valence-electron chi connectivity index (χ0n) is 13.4. The van der Waals surface area contributed by atoms with Crippen molar-refractivity contribution >= 4 is 22.9 Å². The molecule has 3 rings (SSSR count). The third kappa shape index (κ3) is 3.68. The van der Waals surface area contributed by atoms with E-state index in [-0.39, 0.29) is 18.3 Å². The van der Waals surface area contributed by atoms with Crippen LogP contribution >= 0.6 is 11.3 Å². The number of benzene rings is 1. The molecular weight excluding hydrogens is 327 g/mol. The molecule has 0 spiro atoms. The number of anilines is 1. The van der Waals surface area contributed by atoms with Crippen LogP contribution in [0.4, 0.5) is 10.1 Å². The summed E-state index contributed by atoms with van der Waals surface area (Å²) in [6.45, 7) is 3.83. The number of amides is 1. The number of hydrogen-bond acceptors (Lipinski definition) is 4. The Morgan fingerprint density at radius 1 is 1.42 bits per heavy atom. The lowest BCUT2D eigenvalue weighted by Gasteiger charge is -2.06. The van der Waals surface area contributed by atoms with E-state index in [1.54, 1.807) is 36.1 Å². The summed E-state index contributed by atoms with van der Waals surface area (Å²) in [6.07, 6.45) is 4.26. The number of carbonyl (C=O) groups excluding carboxylic acids is 1. The Bertz CT molecular complexity index is 871. The largest absolute Gasteiger partial charge is 0.327 e. The van der Waals surface area contributed by atoms with E-state index >= 15 is 0 Å². The molecule has 1 amide bonds. The molecule has 1 aromatic carbocycles. The summed E-state index contributed by atoms with van der Waals surface area (Å²) in [5.41, 5.74) is 2.76. The van der Waals surface area contributed by atoms with Gasteiger partial charge in [0.25, 0.3) is 0 Å². The van der Waals surface area contributed by atoms with Crippen LogP contribution in [0.15, 0.2) is 36.1 Å². The third-order valence-electron chi connectivity index (χ3n) is 3.55. The predicted octanol–water partition coefficient (Wildman–Crippen LogP) is 3.66. The number of nitrogens with one attached hydrogen (secondary N) is 1. The van der Waals surface area contributed by atoms with Gasteiger partial charge in [0.1, 0.15) is 23.1 Å². The SMILES string of the molecule is CCc1csc(-c2cn(CC(=O)Nc3ccc(C)c(F)c3)cn2)n1. The lowest BCUT2D eigenvalue weighted by atomic mass is 10.2. The number of halogens is 1. The van der Waals surface area contributed by atoms with Gasteiger partial charge in [-0.05, 0) is 31.0 Å². The second-order valence-electron chi connectivity index (χ2n) is 5.44. The van der Waals surface area contributed by atoms with Crippen LogP contribution in [-0.4, -0.2) is 20.4 Å². The van der Waals surface area contributed by atoms with E-state index in [1.807, 2.05) is 5.38 Å². The topological polar surface area (TPSA) is 59.8 Å². The number of rotatable bonds is 5. The first-order chi connectivity index (χ1) is 11.5. The molecule has 0 aliphatic heterocycles. The van der Waals surface area contributed by atoms with Gasteiger partial charge in [-0.1, -0.05) is 13.0 Å². The van der Waals surface area contributed by atoms with Gasteiger partial charge in [0.15, 0.2) is 0 Å². The van der Waals surface area contributed by atoms with Crippen molar-refractivity contribution in [3.63, 3.8) is 0 Å². The summed E-state index contributed by atoms with van der Waals surface area (Å²) in [7, 11) is 0. The first kappa shape index (κ1) is 16.3. The lowest BCUT2D eigenvalue weighted by molar-refractivity contribution is -0.116. The number of aryl methyl sites for hydroxylation is 2. The molecule has 0 bridgehead atoms. The average molecular weight is 344 g/mol. The third-order valence-corrected chi connectivity index (χ3v) is 4.46. The smallest absolute Gasteiger partial charge is 0.244 e. The molecule has 1 N–H and O–H groups in total. The van der Waals surface area contributed by atoms with E-state index in [4.69, 9.17) is 0 Å². The molecule has 0 saturated heterocycles. The van der Waals surface area contributed by atoms with Gasteiger partial charge in [-0.3, -0.25) is 4.79 Å². The summed E-state index contributed by atoms with van der Waals surface area (Å²) in [5.74, 6) is -0.580. The Labute approximate surface area is 143 Å². The first-order valence-corrected chi connectivity index (χ1v) is 8.45. The summed E-state index contributed by atoms with van der Waals surface area (Å²) in [5, 5.41) is 5.53. The highest BCUT2D eigenvalue weighted by Crippen LogP contribution is 2.22. The van der Waals surface area contributed by atoms with Crippen molar-refractivity contribution in [2.24, 2.45) is 0 Å². The fourth-order valence-corrected chi connectivity index (χ4v) is 3.04. The predicted molar refractivity (Wildman–Crippen MR) is 92.5 cm³/mol. The molecule has 0 aliphatic rings. The minimum Gasteiger partial charge on any atom is -0.327 e. The van der Waals surface area contributed by atoms with Crippen LogP contribution in [0, 0.1) is 12.7 Å². The second kappa shape index (κ2) is 6.92. The minimum absolute atomic E-state index is 0.106. The van der Waals surface area contributed by atoms with E-state index in [0.717, 1.165) is 22.8 Å². The Hall–Kier alpha value is -2.54. The molecule has 0 unspecified atom stereocenters.